The highest BCUT2D eigenvalue weighted by Gasteiger charge is 2.05. The van der Waals surface area contributed by atoms with E-state index in [1.807, 2.05) is 9.13 Å². The second kappa shape index (κ2) is 12.9. The molecule has 0 aliphatic heterocycles. The summed E-state index contributed by atoms with van der Waals surface area (Å²) in [4.78, 5) is 22.7. The molecule has 2 aromatic rings. The quantitative estimate of drug-likeness (QED) is 0.432. The van der Waals surface area contributed by atoms with Gasteiger partial charge in [0.25, 0.3) is 0 Å². The summed E-state index contributed by atoms with van der Waals surface area (Å²) < 4.78 is 20.2. The summed E-state index contributed by atoms with van der Waals surface area (Å²) in [7, 11) is 0. The van der Waals surface area contributed by atoms with Gasteiger partial charge in [-0.25, -0.2) is 0 Å². The highest BCUT2D eigenvalue weighted by Crippen LogP contribution is 2.10. The number of hydrogen-bond donors (Lipinski definition) is 2. The van der Waals surface area contributed by atoms with Gasteiger partial charge in [0.15, 0.2) is 11.5 Å². The van der Waals surface area contributed by atoms with Crippen LogP contribution in [0.3, 0.4) is 0 Å². The van der Waals surface area contributed by atoms with Crippen LogP contribution < -0.4 is 10.9 Å². The van der Waals surface area contributed by atoms with E-state index in [2.05, 4.69) is 0 Å². The lowest BCUT2D eigenvalue weighted by Crippen LogP contribution is -2.13. The molecule has 172 valence electrons. The predicted octanol–water partition coefficient (Wildman–Crippen LogP) is 1.57. The molecule has 0 aliphatic rings. The number of aromatic nitrogens is 2. The molecule has 9 nitrogen and oxygen atoms in total. The zero-order chi connectivity index (χ0) is 22.6. The van der Waals surface area contributed by atoms with Crippen molar-refractivity contribution in [3.05, 3.63) is 56.4 Å². The van der Waals surface area contributed by atoms with Crippen LogP contribution >= 0.6 is 0 Å². The van der Waals surface area contributed by atoms with E-state index in [0.717, 1.165) is 12.8 Å². The second-order valence-electron chi connectivity index (χ2n) is 7.16. The van der Waals surface area contributed by atoms with Crippen molar-refractivity contribution >= 4 is 0 Å². The van der Waals surface area contributed by atoms with Gasteiger partial charge in [0, 0.05) is 50.8 Å². The van der Waals surface area contributed by atoms with E-state index in [1.165, 1.54) is 12.1 Å². The summed E-state index contributed by atoms with van der Waals surface area (Å²) in [6, 6.07) is 2.71. The van der Waals surface area contributed by atoms with Crippen LogP contribution in [0.15, 0.2) is 34.1 Å². The molecule has 0 fully saturated rings. The van der Waals surface area contributed by atoms with Gasteiger partial charge in [0.05, 0.1) is 37.8 Å². The SMILES string of the molecule is Cc1c(O)c(=O)ccn1CCCOCCOCCOCCCn1ccc(=O)c(O)c1C. The first-order valence-electron chi connectivity index (χ1n) is 10.4. The first-order chi connectivity index (χ1) is 14.9. The van der Waals surface area contributed by atoms with Crippen molar-refractivity contribution in [1.29, 1.82) is 0 Å². The van der Waals surface area contributed by atoms with Crippen LogP contribution in [0.2, 0.25) is 0 Å². The lowest BCUT2D eigenvalue weighted by molar-refractivity contribution is 0.0128. The molecule has 2 heterocycles. The molecule has 0 aromatic carbocycles. The molecule has 0 spiro atoms. The third-order valence-corrected chi connectivity index (χ3v) is 4.94. The molecule has 2 aromatic heterocycles. The van der Waals surface area contributed by atoms with Gasteiger partial charge in [-0.2, -0.15) is 0 Å². The first-order valence-corrected chi connectivity index (χ1v) is 10.4. The highest BCUT2D eigenvalue weighted by molar-refractivity contribution is 5.25. The maximum Gasteiger partial charge on any atom is 0.223 e. The number of hydrogen-bond acceptors (Lipinski definition) is 7. The summed E-state index contributed by atoms with van der Waals surface area (Å²) in [6.45, 7) is 7.81. The molecule has 0 radical (unpaired) electrons. The Labute approximate surface area is 181 Å². The molecule has 9 heteroatoms. The number of ether oxygens (including phenoxy) is 3. The van der Waals surface area contributed by atoms with Gasteiger partial charge in [0.1, 0.15) is 0 Å². The maximum absolute atomic E-state index is 11.3. The highest BCUT2D eigenvalue weighted by atomic mass is 16.5. The second-order valence-corrected chi connectivity index (χ2v) is 7.16. The summed E-state index contributed by atoms with van der Waals surface area (Å²) >= 11 is 0. The number of rotatable bonds is 14. The van der Waals surface area contributed by atoms with E-state index in [1.54, 1.807) is 26.2 Å². The Morgan fingerprint density at radius 1 is 0.677 bits per heavy atom. The standard InChI is InChI=1S/C22H32N2O7/c1-17-21(27)19(25)5-9-23(17)7-3-11-29-13-15-31-16-14-30-12-4-8-24-10-6-20(26)22(28)18(24)2/h5-6,9-10,27-28H,3-4,7-8,11-16H2,1-2H3. The number of aryl methyl sites for hydroxylation is 2. The summed E-state index contributed by atoms with van der Waals surface area (Å²) in [6.07, 6.45) is 4.87. The number of nitrogens with zero attached hydrogens (tertiary/aromatic N) is 2. The van der Waals surface area contributed by atoms with Crippen molar-refractivity contribution < 1.29 is 24.4 Å². The van der Waals surface area contributed by atoms with Crippen molar-refractivity contribution in [2.75, 3.05) is 39.6 Å². The Morgan fingerprint density at radius 2 is 1.03 bits per heavy atom. The van der Waals surface area contributed by atoms with Gasteiger partial charge in [-0.1, -0.05) is 0 Å². The molecular weight excluding hydrogens is 404 g/mol. The van der Waals surface area contributed by atoms with Crippen molar-refractivity contribution in [2.45, 2.75) is 39.8 Å². The predicted molar refractivity (Wildman–Crippen MR) is 116 cm³/mol. The Hall–Kier alpha value is -2.62. The average Bonchev–Trinajstić information content (AvgIpc) is 2.76. The minimum atomic E-state index is -0.365. The Morgan fingerprint density at radius 3 is 1.42 bits per heavy atom. The van der Waals surface area contributed by atoms with Crippen LogP contribution in [0.5, 0.6) is 11.5 Å². The fourth-order valence-electron chi connectivity index (χ4n) is 3.03. The summed E-state index contributed by atoms with van der Waals surface area (Å²) in [5.41, 5.74) is 0.386. The Kier molecular flexibility index (Phi) is 10.3. The van der Waals surface area contributed by atoms with Gasteiger partial charge in [0.2, 0.25) is 10.9 Å². The van der Waals surface area contributed by atoms with Crippen LogP contribution in [0, 0.1) is 13.8 Å². The molecular formula is C22H32N2O7. The van der Waals surface area contributed by atoms with Crippen LogP contribution in [-0.2, 0) is 27.3 Å². The van der Waals surface area contributed by atoms with E-state index in [0.29, 0.717) is 64.1 Å². The van der Waals surface area contributed by atoms with Crippen LogP contribution in [-0.4, -0.2) is 59.0 Å². The van der Waals surface area contributed by atoms with Crippen LogP contribution in [0.1, 0.15) is 24.2 Å². The fourth-order valence-corrected chi connectivity index (χ4v) is 3.03. The van der Waals surface area contributed by atoms with Gasteiger partial charge >= 0.3 is 0 Å². The topological polar surface area (TPSA) is 112 Å². The lowest BCUT2D eigenvalue weighted by atomic mass is 10.3. The molecule has 2 N–H and O–H groups in total. The normalized spacial score (nSPS) is 11.2. The minimum Gasteiger partial charge on any atom is -0.503 e. The van der Waals surface area contributed by atoms with Gasteiger partial charge < -0.3 is 33.6 Å². The summed E-state index contributed by atoms with van der Waals surface area (Å²) in [5.74, 6) is -0.407. The van der Waals surface area contributed by atoms with E-state index in [9.17, 15) is 19.8 Å². The van der Waals surface area contributed by atoms with Crippen LogP contribution in [0.4, 0.5) is 0 Å². The van der Waals surface area contributed by atoms with E-state index < -0.39 is 0 Å². The Bertz CT molecular complexity index is 861. The molecule has 0 saturated carbocycles. The van der Waals surface area contributed by atoms with Crippen LogP contribution in [0.25, 0.3) is 0 Å². The van der Waals surface area contributed by atoms with E-state index in [-0.39, 0.29) is 22.4 Å². The zero-order valence-corrected chi connectivity index (χ0v) is 18.2. The molecule has 0 amide bonds. The van der Waals surface area contributed by atoms with Gasteiger partial charge in [-0.3, -0.25) is 9.59 Å². The van der Waals surface area contributed by atoms with Crippen molar-refractivity contribution in [3.8, 4) is 11.5 Å². The molecule has 0 saturated heterocycles. The monoisotopic (exact) mass is 436 g/mol. The van der Waals surface area contributed by atoms with E-state index >= 15 is 0 Å². The smallest absolute Gasteiger partial charge is 0.223 e. The average molecular weight is 437 g/mol. The molecule has 0 atom stereocenters. The molecule has 2 rings (SSSR count). The molecule has 0 bridgehead atoms. The van der Waals surface area contributed by atoms with Crippen molar-refractivity contribution in [2.24, 2.45) is 0 Å². The maximum atomic E-state index is 11.3. The fraction of sp³-hybridized carbons (Fsp3) is 0.545. The third-order valence-electron chi connectivity index (χ3n) is 4.94. The lowest BCUT2D eigenvalue weighted by Gasteiger charge is -2.12. The van der Waals surface area contributed by atoms with Crippen molar-refractivity contribution in [3.63, 3.8) is 0 Å². The van der Waals surface area contributed by atoms with E-state index in [4.69, 9.17) is 14.2 Å². The molecule has 0 unspecified atom stereocenters. The number of pyridine rings is 2. The molecule has 0 aliphatic carbocycles. The zero-order valence-electron chi connectivity index (χ0n) is 18.2. The minimum absolute atomic E-state index is 0.204. The molecule has 31 heavy (non-hydrogen) atoms. The first kappa shape index (κ1) is 24.6. The Balaban J connectivity index is 1.43. The number of aromatic hydroxyl groups is 2. The van der Waals surface area contributed by atoms with Gasteiger partial charge in [-0.15, -0.1) is 0 Å². The van der Waals surface area contributed by atoms with Crippen molar-refractivity contribution in [1.82, 2.24) is 9.13 Å². The summed E-state index contributed by atoms with van der Waals surface area (Å²) in [5, 5.41) is 19.3. The largest absolute Gasteiger partial charge is 0.503 e. The third kappa shape index (κ3) is 7.86. The van der Waals surface area contributed by atoms with Gasteiger partial charge in [-0.05, 0) is 26.7 Å².